The van der Waals surface area contributed by atoms with Gasteiger partial charge in [-0.25, -0.2) is 4.98 Å². The van der Waals surface area contributed by atoms with Crippen molar-refractivity contribution < 1.29 is 8.78 Å². The van der Waals surface area contributed by atoms with Crippen LogP contribution in [0.2, 0.25) is 10.0 Å². The molecular weight excluding hydrogens is 486 g/mol. The predicted molar refractivity (Wildman–Crippen MR) is 107 cm³/mol. The summed E-state index contributed by atoms with van der Waals surface area (Å²) >= 11 is 12.1. The summed E-state index contributed by atoms with van der Waals surface area (Å²) in [7, 11) is 1.59. The van der Waals surface area contributed by atoms with Gasteiger partial charge in [-0.05, 0) is 24.6 Å². The van der Waals surface area contributed by atoms with Crippen LogP contribution >= 0.6 is 47.2 Å². The van der Waals surface area contributed by atoms with Crippen LogP contribution in [0.1, 0.15) is 30.9 Å². The normalized spacial score (nSPS) is 12.7. The Hall–Kier alpha value is -1.13. The van der Waals surface area contributed by atoms with Gasteiger partial charge in [0.15, 0.2) is 5.96 Å². The lowest BCUT2D eigenvalue weighted by atomic mass is 10.1. The predicted octanol–water partition coefficient (Wildman–Crippen LogP) is 4.63. The minimum atomic E-state index is -2.63. The molecule has 0 saturated carbocycles. The van der Waals surface area contributed by atoms with Crippen LogP contribution in [-0.4, -0.2) is 22.6 Å². The first kappa shape index (κ1) is 21.9. The first-order valence-electron chi connectivity index (χ1n) is 7.14. The van der Waals surface area contributed by atoms with Crippen molar-refractivity contribution in [1.29, 1.82) is 0 Å². The Balaban J connectivity index is 0.00000312. The van der Waals surface area contributed by atoms with Crippen LogP contribution in [0.3, 0.4) is 0 Å². The molecule has 0 bridgehead atoms. The highest BCUT2D eigenvalue weighted by Gasteiger charge is 2.14. The molecule has 2 aromatic rings. The summed E-state index contributed by atoms with van der Waals surface area (Å²) in [5.41, 5.74) is 0.845. The number of guanidine groups is 1. The third kappa shape index (κ3) is 5.96. The summed E-state index contributed by atoms with van der Waals surface area (Å²) in [4.78, 5) is 7.98. The number of nitrogens with one attached hydrogen (secondary N) is 2. The van der Waals surface area contributed by atoms with E-state index in [4.69, 9.17) is 23.2 Å². The number of nitrogens with zero attached hydrogens (tertiary/aromatic N) is 3. The smallest absolute Gasteiger partial charge is 0.319 e. The first-order chi connectivity index (χ1) is 11.4. The molecule has 1 aromatic heterocycles. The highest BCUT2D eigenvalue weighted by molar-refractivity contribution is 14.0. The van der Waals surface area contributed by atoms with Crippen LogP contribution in [0, 0.1) is 0 Å². The summed E-state index contributed by atoms with van der Waals surface area (Å²) < 4.78 is 26.4. The number of alkyl halides is 2. The van der Waals surface area contributed by atoms with E-state index in [1.165, 1.54) is 12.4 Å². The van der Waals surface area contributed by atoms with Gasteiger partial charge in [0, 0.05) is 29.5 Å². The maximum Gasteiger partial charge on any atom is 0.319 e. The average Bonchev–Trinajstić information content (AvgIpc) is 2.99. The van der Waals surface area contributed by atoms with E-state index >= 15 is 0 Å². The van der Waals surface area contributed by atoms with Gasteiger partial charge in [0.05, 0.1) is 12.6 Å². The standard InChI is InChI=1S/C15H17Cl2F2N5.HI/c1-9(11-4-3-10(16)7-12(11)17)23-15(20-2)22-8-13-21-5-6-24(13)14(18)19;/h3-7,9,14H,8H2,1-2H3,(H2,20,22,23);1H. The summed E-state index contributed by atoms with van der Waals surface area (Å²) in [6, 6.07) is 5.07. The molecule has 1 heterocycles. The number of rotatable bonds is 5. The first-order valence-corrected chi connectivity index (χ1v) is 7.90. The quantitative estimate of drug-likeness (QED) is 0.355. The number of imidazole rings is 1. The van der Waals surface area contributed by atoms with E-state index in [9.17, 15) is 8.78 Å². The molecule has 1 aromatic carbocycles. The lowest BCUT2D eigenvalue weighted by Crippen LogP contribution is -2.38. The Morgan fingerprint density at radius 2 is 2.08 bits per heavy atom. The second-order valence-corrected chi connectivity index (χ2v) is 5.83. The van der Waals surface area contributed by atoms with Gasteiger partial charge >= 0.3 is 6.55 Å². The van der Waals surface area contributed by atoms with Gasteiger partial charge in [-0.15, -0.1) is 24.0 Å². The van der Waals surface area contributed by atoms with Crippen molar-refractivity contribution in [3.63, 3.8) is 0 Å². The van der Waals surface area contributed by atoms with Crippen LogP contribution in [0.4, 0.5) is 8.78 Å². The third-order valence-electron chi connectivity index (χ3n) is 3.38. The molecule has 0 radical (unpaired) electrons. The number of hydrogen-bond acceptors (Lipinski definition) is 2. The zero-order chi connectivity index (χ0) is 17.7. The van der Waals surface area contributed by atoms with Crippen molar-refractivity contribution in [2.45, 2.75) is 26.1 Å². The molecular formula is C15H18Cl2F2IN5. The fourth-order valence-corrected chi connectivity index (χ4v) is 2.72. The fraction of sp³-hybridized carbons (Fsp3) is 0.333. The van der Waals surface area contributed by atoms with Gasteiger partial charge in [-0.3, -0.25) is 9.56 Å². The second kappa shape index (κ2) is 10.1. The van der Waals surface area contributed by atoms with Crippen molar-refractivity contribution in [1.82, 2.24) is 20.2 Å². The minimum Gasteiger partial charge on any atom is -0.350 e. The van der Waals surface area contributed by atoms with Crippen molar-refractivity contribution in [3.8, 4) is 0 Å². The van der Waals surface area contributed by atoms with E-state index in [1.54, 1.807) is 19.2 Å². The number of benzene rings is 1. The Labute approximate surface area is 171 Å². The van der Waals surface area contributed by atoms with Crippen molar-refractivity contribution in [2.75, 3.05) is 7.05 Å². The molecule has 0 aliphatic carbocycles. The topological polar surface area (TPSA) is 54.2 Å². The van der Waals surface area contributed by atoms with Gasteiger partial charge in [-0.2, -0.15) is 8.78 Å². The molecule has 0 aliphatic rings. The molecule has 0 saturated heterocycles. The van der Waals surface area contributed by atoms with Crippen molar-refractivity contribution in [3.05, 3.63) is 52.0 Å². The molecule has 0 amide bonds. The highest BCUT2D eigenvalue weighted by Crippen LogP contribution is 2.26. The van der Waals surface area contributed by atoms with E-state index in [1.807, 2.05) is 13.0 Å². The Bertz CT molecular complexity index is 724. The van der Waals surface area contributed by atoms with Crippen molar-refractivity contribution in [2.24, 2.45) is 4.99 Å². The van der Waals surface area contributed by atoms with Crippen LogP contribution in [-0.2, 0) is 6.54 Å². The molecule has 0 spiro atoms. The average molecular weight is 504 g/mol. The van der Waals surface area contributed by atoms with Gasteiger partial charge in [0.25, 0.3) is 0 Å². The summed E-state index contributed by atoms with van der Waals surface area (Å²) in [6.45, 7) is -0.619. The van der Waals surface area contributed by atoms with Crippen LogP contribution in [0.5, 0.6) is 0 Å². The Morgan fingerprint density at radius 1 is 1.36 bits per heavy atom. The van der Waals surface area contributed by atoms with Gasteiger partial charge in [0.1, 0.15) is 5.82 Å². The molecule has 138 valence electrons. The van der Waals surface area contributed by atoms with E-state index in [0.29, 0.717) is 16.0 Å². The van der Waals surface area contributed by atoms with Crippen LogP contribution < -0.4 is 10.6 Å². The molecule has 1 atom stereocenters. The van der Waals surface area contributed by atoms with Crippen LogP contribution in [0.25, 0.3) is 0 Å². The van der Waals surface area contributed by atoms with E-state index in [2.05, 4.69) is 20.6 Å². The van der Waals surface area contributed by atoms with Crippen LogP contribution in [0.15, 0.2) is 35.6 Å². The second-order valence-electron chi connectivity index (χ2n) is 4.99. The maximum absolute atomic E-state index is 12.8. The van der Waals surface area contributed by atoms with E-state index in [-0.39, 0.29) is 42.4 Å². The lowest BCUT2D eigenvalue weighted by Gasteiger charge is -2.19. The zero-order valence-electron chi connectivity index (χ0n) is 13.5. The number of halogens is 5. The zero-order valence-corrected chi connectivity index (χ0v) is 17.4. The number of aliphatic imine (C=N–C) groups is 1. The molecule has 0 aliphatic heterocycles. The monoisotopic (exact) mass is 503 g/mol. The van der Waals surface area contributed by atoms with Gasteiger partial charge in [0.2, 0.25) is 0 Å². The summed E-state index contributed by atoms with van der Waals surface area (Å²) in [5.74, 6) is 0.655. The number of hydrogen-bond donors (Lipinski definition) is 2. The number of aromatic nitrogens is 2. The highest BCUT2D eigenvalue weighted by atomic mass is 127. The van der Waals surface area contributed by atoms with Crippen molar-refractivity contribution >= 4 is 53.1 Å². The molecule has 25 heavy (non-hydrogen) atoms. The molecule has 5 nitrogen and oxygen atoms in total. The summed E-state index contributed by atoms with van der Waals surface area (Å²) in [6.07, 6.45) is 2.56. The van der Waals surface area contributed by atoms with Gasteiger partial charge < -0.3 is 10.6 Å². The lowest BCUT2D eigenvalue weighted by molar-refractivity contribution is 0.0668. The van der Waals surface area contributed by atoms with Gasteiger partial charge in [-0.1, -0.05) is 29.3 Å². The third-order valence-corrected chi connectivity index (χ3v) is 3.94. The largest absolute Gasteiger partial charge is 0.350 e. The van der Waals surface area contributed by atoms with E-state index < -0.39 is 6.55 Å². The summed E-state index contributed by atoms with van der Waals surface area (Å²) in [5, 5.41) is 7.18. The maximum atomic E-state index is 12.8. The Kier molecular flexibility index (Phi) is 8.87. The molecule has 1 unspecified atom stereocenters. The fourth-order valence-electron chi connectivity index (χ4n) is 2.15. The molecule has 2 rings (SSSR count). The molecule has 2 N–H and O–H groups in total. The SMILES string of the molecule is CN=C(NCc1nccn1C(F)F)NC(C)c1ccc(Cl)cc1Cl.I. The minimum absolute atomic E-state index is 0. The molecule has 0 fully saturated rings. The molecule has 10 heteroatoms. The van der Waals surface area contributed by atoms with E-state index in [0.717, 1.165) is 10.1 Å². The Morgan fingerprint density at radius 3 is 2.68 bits per heavy atom.